The van der Waals surface area contributed by atoms with Crippen molar-refractivity contribution in [2.75, 3.05) is 25.6 Å². The number of nitrogens with zero attached hydrogens (tertiary/aromatic N) is 8. The minimum Gasteiger partial charge on any atom is -0.481 e. The van der Waals surface area contributed by atoms with Gasteiger partial charge in [0, 0.05) is 67.1 Å². The summed E-state index contributed by atoms with van der Waals surface area (Å²) in [5, 5.41) is 7.42. The number of guanidine groups is 2. The molecule has 0 bridgehead atoms. The van der Waals surface area contributed by atoms with Crippen molar-refractivity contribution in [3.05, 3.63) is 156 Å². The highest BCUT2D eigenvalue weighted by molar-refractivity contribution is 7.86. The Balaban J connectivity index is 0.000000219. The van der Waals surface area contributed by atoms with E-state index in [9.17, 15) is 35.2 Å². The highest BCUT2D eigenvalue weighted by Crippen LogP contribution is 2.44. The number of rotatable bonds is 14. The molecule has 2 aliphatic heterocycles. The minimum absolute atomic E-state index is 0.0391. The number of aliphatic carboxylic acids is 1. The fraction of sp³-hybridized carbons (Fsp3) is 0.229. The Bertz CT molecular complexity index is 3050. The number of hydrogen-bond acceptors (Lipinski definition) is 17. The van der Waals surface area contributed by atoms with Crippen molar-refractivity contribution in [1.29, 1.82) is 0 Å². The van der Waals surface area contributed by atoms with Gasteiger partial charge in [-0.2, -0.15) is 16.8 Å². The zero-order chi connectivity index (χ0) is 52.6. The predicted octanol–water partition coefficient (Wildman–Crippen LogP) is 4.95. The average molecular weight is 1030 g/mol. The van der Waals surface area contributed by atoms with Gasteiger partial charge in [0.25, 0.3) is 17.8 Å². The van der Waals surface area contributed by atoms with Crippen LogP contribution in [0, 0.1) is 11.6 Å². The highest BCUT2D eigenvalue weighted by atomic mass is 32.2. The van der Waals surface area contributed by atoms with Crippen LogP contribution in [0.5, 0.6) is 11.5 Å². The van der Waals surface area contributed by atoms with Gasteiger partial charge in [-0.1, -0.05) is 50.2 Å². The first-order valence-corrected chi connectivity index (χ1v) is 25.3. The van der Waals surface area contributed by atoms with Crippen molar-refractivity contribution in [2.24, 2.45) is 21.5 Å². The molecule has 376 valence electrons. The Kier molecular flexibility index (Phi) is 16.1. The lowest BCUT2D eigenvalue weighted by atomic mass is 9.81. The molecule has 0 saturated heterocycles. The standard InChI is InChI=1S/2C23H22FN5O4S.C2H4O2/c2*1-3-10-29-21(30)23(28-22(29)25,16-4-7-18(8-5-16)33-34(2,31)32)17-6-9-20(24)19(11-17)15-12-26-14-27-13-15;1-2(3)4/h2*4-9,11-14H,3,10H2,1-2H3,(H2,25,28);1H3,(H,3,4). The molecule has 8 rings (SSSR count). The van der Waals surface area contributed by atoms with Crippen LogP contribution in [-0.4, -0.2) is 107 Å². The van der Waals surface area contributed by atoms with E-state index in [1.807, 2.05) is 13.8 Å². The van der Waals surface area contributed by atoms with Gasteiger partial charge in [-0.3, -0.25) is 24.2 Å². The Hall–Kier alpha value is -8.25. The molecular formula is C48H48F2N10O10S2. The van der Waals surface area contributed by atoms with Crippen molar-refractivity contribution in [2.45, 2.75) is 44.7 Å². The number of nitrogens with two attached hydrogens (primary N) is 2. The lowest BCUT2D eigenvalue weighted by Crippen LogP contribution is -2.43. The molecular weight excluding hydrogens is 979 g/mol. The van der Waals surface area contributed by atoms with Crippen LogP contribution in [0.1, 0.15) is 55.9 Å². The Labute approximate surface area is 413 Å². The first-order valence-electron chi connectivity index (χ1n) is 21.7. The Morgan fingerprint density at radius 1 is 0.597 bits per heavy atom. The number of carboxylic acid groups (broad SMARTS) is 1. The number of carboxylic acids is 1. The lowest BCUT2D eigenvalue weighted by Gasteiger charge is -2.27. The molecule has 0 radical (unpaired) electrons. The van der Waals surface area contributed by atoms with E-state index in [0.29, 0.717) is 59.3 Å². The van der Waals surface area contributed by atoms with Crippen LogP contribution >= 0.6 is 0 Å². The summed E-state index contributed by atoms with van der Waals surface area (Å²) in [6.45, 7) is 5.60. The monoisotopic (exact) mass is 1030 g/mol. The normalized spacial score (nSPS) is 17.5. The van der Waals surface area contributed by atoms with Gasteiger partial charge in [0.2, 0.25) is 0 Å². The SMILES string of the molecule is CC(=O)O.CCCN1C(=O)C(c2ccc(OS(C)(=O)=O)cc2)(c2ccc(F)c(-c3cncnc3)c2)N=C1N.CCCN1C(=O)C(c2ccc(OS(C)(=O)=O)cc2)(c2ccc(F)c(-c3cncnc3)c2)N=C1N. The van der Waals surface area contributed by atoms with Crippen LogP contribution < -0.4 is 19.8 Å². The van der Waals surface area contributed by atoms with Gasteiger partial charge in [-0.25, -0.2) is 38.7 Å². The van der Waals surface area contributed by atoms with Gasteiger partial charge in [0.1, 0.15) is 35.8 Å². The van der Waals surface area contributed by atoms with Gasteiger partial charge < -0.3 is 24.9 Å². The largest absolute Gasteiger partial charge is 0.481 e. The molecule has 2 aromatic heterocycles. The summed E-state index contributed by atoms with van der Waals surface area (Å²) in [7, 11) is -7.46. The van der Waals surface area contributed by atoms with Crippen molar-refractivity contribution in [3.63, 3.8) is 0 Å². The molecule has 24 heteroatoms. The molecule has 4 aromatic carbocycles. The van der Waals surface area contributed by atoms with Gasteiger partial charge in [-0.15, -0.1) is 0 Å². The molecule has 0 saturated carbocycles. The zero-order valence-corrected chi connectivity index (χ0v) is 40.9. The van der Waals surface area contributed by atoms with E-state index < -0.39 is 60.7 Å². The third kappa shape index (κ3) is 11.7. The van der Waals surface area contributed by atoms with E-state index >= 15 is 0 Å². The first-order chi connectivity index (χ1) is 34.0. The van der Waals surface area contributed by atoms with E-state index in [-0.39, 0.29) is 34.5 Å². The molecule has 0 spiro atoms. The number of carbonyl (C=O) groups excluding carboxylic acids is 2. The number of carbonyl (C=O) groups is 3. The summed E-state index contributed by atoms with van der Waals surface area (Å²) in [6, 6.07) is 20.4. The van der Waals surface area contributed by atoms with Gasteiger partial charge >= 0.3 is 20.2 Å². The van der Waals surface area contributed by atoms with Crippen LogP contribution in [0.4, 0.5) is 8.78 Å². The van der Waals surface area contributed by atoms with Crippen LogP contribution in [0.15, 0.2) is 132 Å². The molecule has 72 heavy (non-hydrogen) atoms. The van der Waals surface area contributed by atoms with Crippen LogP contribution in [0.25, 0.3) is 22.3 Å². The third-order valence-electron chi connectivity index (χ3n) is 10.7. The number of halogens is 2. The smallest absolute Gasteiger partial charge is 0.306 e. The maximum Gasteiger partial charge on any atom is 0.306 e. The molecule has 4 heterocycles. The fourth-order valence-corrected chi connectivity index (χ4v) is 8.72. The number of amides is 2. The maximum absolute atomic E-state index is 14.8. The Morgan fingerprint density at radius 3 is 1.19 bits per heavy atom. The molecule has 5 N–H and O–H groups in total. The van der Waals surface area contributed by atoms with Gasteiger partial charge in [0.05, 0.1) is 12.5 Å². The molecule has 2 unspecified atom stereocenters. The molecule has 0 aliphatic carbocycles. The van der Waals surface area contributed by atoms with Crippen molar-refractivity contribution < 1.29 is 53.5 Å². The number of benzene rings is 4. The molecule has 0 fully saturated rings. The van der Waals surface area contributed by atoms with E-state index in [4.69, 9.17) is 29.7 Å². The van der Waals surface area contributed by atoms with Crippen molar-refractivity contribution >= 4 is 49.9 Å². The summed E-state index contributed by atoms with van der Waals surface area (Å²) < 4.78 is 85.2. The lowest BCUT2D eigenvalue weighted by molar-refractivity contribution is -0.134. The molecule has 6 aromatic rings. The second-order valence-corrected chi connectivity index (χ2v) is 19.2. The second-order valence-electron chi connectivity index (χ2n) is 16.1. The number of hydrogen-bond donors (Lipinski definition) is 3. The number of aliphatic imine (C=N–C) groups is 2. The van der Waals surface area contributed by atoms with E-state index in [1.165, 1.54) is 108 Å². The maximum atomic E-state index is 14.8. The van der Waals surface area contributed by atoms with Crippen molar-refractivity contribution in [1.82, 2.24) is 29.7 Å². The minimum atomic E-state index is -3.73. The summed E-state index contributed by atoms with van der Waals surface area (Å²) in [6.07, 6.45) is 11.7. The topological polar surface area (TPSA) is 293 Å². The summed E-state index contributed by atoms with van der Waals surface area (Å²) in [5.74, 6) is -2.42. The highest BCUT2D eigenvalue weighted by Gasteiger charge is 2.52. The summed E-state index contributed by atoms with van der Waals surface area (Å²) in [5.41, 5.74) is 12.0. The van der Waals surface area contributed by atoms with Gasteiger partial charge in [-0.05, 0) is 83.6 Å². The zero-order valence-electron chi connectivity index (χ0n) is 39.3. The molecule has 2 amide bonds. The molecule has 2 atom stereocenters. The fourth-order valence-electron chi connectivity index (χ4n) is 7.80. The van der Waals surface area contributed by atoms with Crippen LogP contribution in [0.2, 0.25) is 0 Å². The Morgan fingerprint density at radius 2 is 0.903 bits per heavy atom. The van der Waals surface area contributed by atoms with Crippen LogP contribution in [0.3, 0.4) is 0 Å². The van der Waals surface area contributed by atoms with Crippen LogP contribution in [-0.2, 0) is 45.7 Å². The second kappa shape index (κ2) is 21.8. The molecule has 2 aliphatic rings. The third-order valence-corrected chi connectivity index (χ3v) is 11.7. The first kappa shape index (κ1) is 53.1. The van der Waals surface area contributed by atoms with E-state index in [0.717, 1.165) is 19.4 Å². The average Bonchev–Trinajstić information content (AvgIpc) is 3.73. The predicted molar refractivity (Wildman–Crippen MR) is 261 cm³/mol. The quantitative estimate of drug-likeness (QED) is 0.122. The van der Waals surface area contributed by atoms with Gasteiger partial charge in [0.15, 0.2) is 23.0 Å². The summed E-state index contributed by atoms with van der Waals surface area (Å²) >= 11 is 0. The van der Waals surface area contributed by atoms with Crippen molar-refractivity contribution in [3.8, 4) is 33.8 Å². The van der Waals surface area contributed by atoms with E-state index in [1.54, 1.807) is 24.3 Å². The number of aromatic nitrogens is 4. The van der Waals surface area contributed by atoms with E-state index in [2.05, 4.69) is 29.9 Å². The molecule has 20 nitrogen and oxygen atoms in total. The summed E-state index contributed by atoms with van der Waals surface area (Å²) in [4.78, 5) is 64.2.